The van der Waals surface area contributed by atoms with Crippen molar-refractivity contribution in [3.63, 3.8) is 0 Å². The molecule has 0 unspecified atom stereocenters. The van der Waals surface area contributed by atoms with Crippen LogP contribution in [0.2, 0.25) is 0 Å². The number of aryl methyl sites for hydroxylation is 1. The maximum Gasteiger partial charge on any atom is 0.105 e. The molecule has 0 atom stereocenters. The average Bonchev–Trinajstić information content (AvgIpc) is 2.76. The van der Waals surface area contributed by atoms with Crippen molar-refractivity contribution < 1.29 is 9.15 Å². The Labute approximate surface area is 109 Å². The highest BCUT2D eigenvalue weighted by atomic mass is 16.5. The van der Waals surface area contributed by atoms with Crippen LogP contribution in [0.3, 0.4) is 0 Å². The van der Waals surface area contributed by atoms with Crippen LogP contribution in [-0.2, 0) is 11.3 Å². The predicted octanol–water partition coefficient (Wildman–Crippen LogP) is 1.78. The summed E-state index contributed by atoms with van der Waals surface area (Å²) in [6, 6.07) is 2.05. The van der Waals surface area contributed by atoms with E-state index in [9.17, 15) is 0 Å². The van der Waals surface area contributed by atoms with Gasteiger partial charge in [-0.2, -0.15) is 0 Å². The van der Waals surface area contributed by atoms with E-state index in [4.69, 9.17) is 14.9 Å². The quantitative estimate of drug-likeness (QED) is 0.868. The first-order valence-corrected chi connectivity index (χ1v) is 6.64. The molecule has 0 aliphatic carbocycles. The van der Waals surface area contributed by atoms with Gasteiger partial charge in [0.15, 0.2) is 0 Å². The van der Waals surface area contributed by atoms with Gasteiger partial charge in [0.05, 0.1) is 6.26 Å². The van der Waals surface area contributed by atoms with Gasteiger partial charge in [-0.05, 0) is 44.8 Å². The molecule has 1 aromatic rings. The Balaban J connectivity index is 1.93. The number of nitrogens with two attached hydrogens (primary N) is 1. The molecule has 0 amide bonds. The van der Waals surface area contributed by atoms with E-state index < -0.39 is 0 Å². The summed E-state index contributed by atoms with van der Waals surface area (Å²) >= 11 is 0. The van der Waals surface area contributed by atoms with Gasteiger partial charge in [-0.15, -0.1) is 0 Å². The predicted molar refractivity (Wildman–Crippen MR) is 71.3 cm³/mol. The average molecular weight is 252 g/mol. The van der Waals surface area contributed by atoms with Gasteiger partial charge >= 0.3 is 0 Å². The van der Waals surface area contributed by atoms with Gasteiger partial charge < -0.3 is 19.8 Å². The van der Waals surface area contributed by atoms with Crippen LogP contribution < -0.4 is 5.73 Å². The molecule has 1 saturated heterocycles. The van der Waals surface area contributed by atoms with E-state index in [1.807, 2.05) is 13.0 Å². The van der Waals surface area contributed by atoms with Crippen molar-refractivity contribution in [2.45, 2.75) is 26.3 Å². The molecule has 0 spiro atoms. The molecule has 0 aromatic carbocycles. The second kappa shape index (κ2) is 5.87. The summed E-state index contributed by atoms with van der Waals surface area (Å²) in [5.74, 6) is 1.01. The van der Waals surface area contributed by atoms with Crippen LogP contribution in [0.4, 0.5) is 0 Å². The third-order valence-corrected chi connectivity index (χ3v) is 4.00. The Bertz CT molecular complexity index is 370. The Morgan fingerprint density at radius 2 is 2.11 bits per heavy atom. The fourth-order valence-corrected chi connectivity index (χ4v) is 2.73. The molecule has 1 aromatic heterocycles. The number of furan rings is 1. The van der Waals surface area contributed by atoms with E-state index in [1.54, 1.807) is 6.26 Å². The third kappa shape index (κ3) is 3.13. The van der Waals surface area contributed by atoms with Crippen LogP contribution in [0.1, 0.15) is 24.2 Å². The van der Waals surface area contributed by atoms with Crippen LogP contribution in [-0.4, -0.2) is 38.3 Å². The van der Waals surface area contributed by atoms with Crippen molar-refractivity contribution in [3.05, 3.63) is 23.7 Å². The summed E-state index contributed by atoms with van der Waals surface area (Å²) in [5, 5.41) is 0. The van der Waals surface area contributed by atoms with Crippen molar-refractivity contribution >= 4 is 0 Å². The van der Waals surface area contributed by atoms with Gasteiger partial charge in [0.25, 0.3) is 0 Å². The van der Waals surface area contributed by atoms with Crippen molar-refractivity contribution in [2.24, 2.45) is 11.1 Å². The van der Waals surface area contributed by atoms with Crippen LogP contribution in [0.15, 0.2) is 16.7 Å². The Morgan fingerprint density at radius 1 is 1.39 bits per heavy atom. The number of rotatable bonds is 5. The molecule has 4 heteroatoms. The molecule has 1 aliphatic rings. The molecule has 1 aliphatic heterocycles. The lowest BCUT2D eigenvalue weighted by atomic mass is 9.80. The monoisotopic (exact) mass is 252 g/mol. The lowest BCUT2D eigenvalue weighted by Gasteiger charge is -2.39. The molecular weight excluding hydrogens is 228 g/mol. The minimum absolute atomic E-state index is 0.227. The van der Waals surface area contributed by atoms with Gasteiger partial charge in [0.2, 0.25) is 0 Å². The summed E-state index contributed by atoms with van der Waals surface area (Å²) < 4.78 is 10.8. The molecule has 2 rings (SSSR count). The smallest absolute Gasteiger partial charge is 0.105 e. The Kier molecular flexibility index (Phi) is 4.43. The van der Waals surface area contributed by atoms with Crippen molar-refractivity contribution in [1.82, 2.24) is 4.90 Å². The van der Waals surface area contributed by atoms with Crippen LogP contribution in [0.25, 0.3) is 0 Å². The first kappa shape index (κ1) is 13.6. The lowest BCUT2D eigenvalue weighted by molar-refractivity contribution is 0.00263. The Morgan fingerprint density at radius 3 is 2.67 bits per heavy atom. The maximum absolute atomic E-state index is 5.99. The van der Waals surface area contributed by atoms with Gasteiger partial charge in [0, 0.05) is 31.9 Å². The van der Waals surface area contributed by atoms with E-state index in [0.717, 1.165) is 51.4 Å². The topological polar surface area (TPSA) is 51.6 Å². The number of hydrogen-bond donors (Lipinski definition) is 1. The van der Waals surface area contributed by atoms with E-state index in [-0.39, 0.29) is 5.41 Å². The highest BCUT2D eigenvalue weighted by molar-refractivity contribution is 5.15. The van der Waals surface area contributed by atoms with E-state index >= 15 is 0 Å². The van der Waals surface area contributed by atoms with Crippen LogP contribution in [0, 0.1) is 12.3 Å². The van der Waals surface area contributed by atoms with Crippen molar-refractivity contribution in [3.8, 4) is 0 Å². The van der Waals surface area contributed by atoms with Gasteiger partial charge in [-0.1, -0.05) is 0 Å². The zero-order valence-corrected chi connectivity index (χ0v) is 11.4. The highest BCUT2D eigenvalue weighted by Crippen LogP contribution is 2.30. The Hall–Kier alpha value is -0.840. The molecule has 0 saturated carbocycles. The minimum atomic E-state index is 0.227. The van der Waals surface area contributed by atoms with Crippen LogP contribution in [0.5, 0.6) is 0 Å². The first-order chi connectivity index (χ1) is 8.65. The summed E-state index contributed by atoms with van der Waals surface area (Å²) in [4.78, 5) is 2.34. The zero-order valence-electron chi connectivity index (χ0n) is 11.4. The summed E-state index contributed by atoms with van der Waals surface area (Å²) in [6.45, 7) is 6.38. The van der Waals surface area contributed by atoms with Crippen LogP contribution >= 0.6 is 0 Å². The largest absolute Gasteiger partial charge is 0.469 e. The number of ether oxygens (including phenoxy) is 1. The van der Waals surface area contributed by atoms with E-state index in [0.29, 0.717) is 0 Å². The molecule has 0 bridgehead atoms. The second-order valence-electron chi connectivity index (χ2n) is 5.49. The number of hydrogen-bond acceptors (Lipinski definition) is 4. The highest BCUT2D eigenvalue weighted by Gasteiger charge is 2.32. The fraction of sp³-hybridized carbons (Fsp3) is 0.714. The summed E-state index contributed by atoms with van der Waals surface area (Å²) in [5.41, 5.74) is 7.48. The molecule has 18 heavy (non-hydrogen) atoms. The summed E-state index contributed by atoms with van der Waals surface area (Å²) in [6.07, 6.45) is 3.89. The third-order valence-electron chi connectivity index (χ3n) is 4.00. The second-order valence-corrected chi connectivity index (χ2v) is 5.49. The van der Waals surface area contributed by atoms with Gasteiger partial charge in [-0.25, -0.2) is 0 Å². The number of nitrogens with zero attached hydrogens (tertiary/aromatic N) is 1. The molecule has 102 valence electrons. The fourth-order valence-electron chi connectivity index (χ4n) is 2.73. The van der Waals surface area contributed by atoms with E-state index in [1.165, 1.54) is 5.56 Å². The SMILES string of the molecule is Cc1occc1CN(C)CC1(CN)CCOCC1. The lowest BCUT2D eigenvalue weighted by Crippen LogP contribution is -2.44. The minimum Gasteiger partial charge on any atom is -0.469 e. The summed E-state index contributed by atoms with van der Waals surface area (Å²) in [7, 11) is 2.15. The molecule has 1 fully saturated rings. The molecule has 2 heterocycles. The standard InChI is InChI=1S/C14H24N2O2/c1-12-13(3-6-18-12)9-16(2)11-14(10-15)4-7-17-8-5-14/h3,6H,4-5,7-11,15H2,1-2H3. The normalized spacial score (nSPS) is 19.3. The molecule has 0 radical (unpaired) electrons. The van der Waals surface area contributed by atoms with Crippen molar-refractivity contribution in [1.29, 1.82) is 0 Å². The molecule has 4 nitrogen and oxygen atoms in total. The van der Waals surface area contributed by atoms with Crippen molar-refractivity contribution in [2.75, 3.05) is 33.4 Å². The first-order valence-electron chi connectivity index (χ1n) is 6.64. The maximum atomic E-state index is 5.99. The van der Waals surface area contributed by atoms with Gasteiger partial charge in [-0.3, -0.25) is 0 Å². The van der Waals surface area contributed by atoms with Gasteiger partial charge in [0.1, 0.15) is 5.76 Å². The zero-order chi connectivity index (χ0) is 13.0. The molecular formula is C14H24N2O2. The van der Waals surface area contributed by atoms with E-state index in [2.05, 4.69) is 11.9 Å². The molecule has 2 N–H and O–H groups in total.